The number of aliphatic hydroxyl groups is 8. The van der Waals surface area contributed by atoms with Crippen LogP contribution in [0.3, 0.4) is 0 Å². The number of allylic oxidation sites excluding steroid dienone is 5. The van der Waals surface area contributed by atoms with Crippen LogP contribution in [0.5, 0.6) is 0 Å². The van der Waals surface area contributed by atoms with Crippen LogP contribution in [-0.2, 0) is 23.7 Å². The second kappa shape index (κ2) is 70.2. The number of hydrogen-bond acceptors (Lipinski definition) is 13. The highest BCUT2D eigenvalue weighted by Gasteiger charge is 2.51. The first-order valence-corrected chi connectivity index (χ1v) is 43.2. The molecule has 0 aromatic heterocycles. The van der Waals surface area contributed by atoms with Crippen LogP contribution in [0.1, 0.15) is 412 Å². The molecule has 2 aliphatic rings. The van der Waals surface area contributed by atoms with Crippen molar-refractivity contribution in [1.82, 2.24) is 5.32 Å². The zero-order valence-corrected chi connectivity index (χ0v) is 65.0. The molecule has 0 aromatic rings. The Kier molecular flexibility index (Phi) is 66.2. The van der Waals surface area contributed by atoms with Gasteiger partial charge in [0.15, 0.2) is 12.6 Å². The van der Waals surface area contributed by atoms with Crippen LogP contribution >= 0.6 is 0 Å². The van der Waals surface area contributed by atoms with Gasteiger partial charge in [-0.2, -0.15) is 0 Å². The van der Waals surface area contributed by atoms with Gasteiger partial charge in [0, 0.05) is 6.42 Å². The van der Waals surface area contributed by atoms with Crippen molar-refractivity contribution in [2.24, 2.45) is 0 Å². The third kappa shape index (κ3) is 52.2. The van der Waals surface area contributed by atoms with E-state index in [1.807, 2.05) is 6.08 Å². The number of rotatable bonds is 74. The maximum Gasteiger partial charge on any atom is 0.220 e. The van der Waals surface area contributed by atoms with E-state index < -0.39 is 86.8 Å². The lowest BCUT2D eigenvalue weighted by atomic mass is 9.97. The van der Waals surface area contributed by atoms with Gasteiger partial charge >= 0.3 is 0 Å². The summed E-state index contributed by atoms with van der Waals surface area (Å²) in [6.07, 6.45) is 76.8. The van der Waals surface area contributed by atoms with Gasteiger partial charge in [-0.15, -0.1) is 0 Å². The molecule has 1 amide bonds. The average Bonchev–Trinajstić information content (AvgIpc) is 0.796. The van der Waals surface area contributed by atoms with E-state index in [0.29, 0.717) is 6.42 Å². The van der Waals surface area contributed by atoms with E-state index in [-0.39, 0.29) is 18.9 Å². The number of ether oxygens (including phenoxy) is 4. The van der Waals surface area contributed by atoms with Gasteiger partial charge < -0.3 is 65.1 Å². The molecule has 0 saturated carbocycles. The Morgan fingerprint density at radius 3 is 1.00 bits per heavy atom. The summed E-state index contributed by atoms with van der Waals surface area (Å²) in [6, 6.07) is -0.915. The Hall–Kier alpha value is -1.79. The van der Waals surface area contributed by atoms with Crippen molar-refractivity contribution in [3.63, 3.8) is 0 Å². The number of hydrogen-bond donors (Lipinski definition) is 9. The second-order valence-electron chi connectivity index (χ2n) is 30.7. The predicted octanol–water partition coefficient (Wildman–Crippen LogP) is 20.4. The maximum atomic E-state index is 13.4. The Bertz CT molecular complexity index is 1820. The van der Waals surface area contributed by atoms with Crippen LogP contribution in [0.4, 0.5) is 0 Å². The first-order valence-electron chi connectivity index (χ1n) is 43.2. The van der Waals surface area contributed by atoms with Crippen molar-refractivity contribution >= 4 is 5.91 Å². The Morgan fingerprint density at radius 1 is 0.360 bits per heavy atom. The standard InChI is InChI=1S/C86H163NO13/c1-3-5-7-9-11-13-15-17-19-21-23-25-27-29-31-32-33-34-35-36-37-38-39-40-41-42-44-46-48-50-52-54-56-58-60-62-64-66-68-70-78(91)87-74(73-97-85-83(96)81(94)84(77(72-89)99-85)100-86-82(95)80(93)79(92)76(71-88)98-86)75(90)69-67-65-63-61-59-57-55-53-51-49-47-45-43-30-28-26-24-22-20-18-16-14-12-10-8-6-4-2/h15,17,21,23,67,69,74-77,79-86,88-90,92-96H,3-14,16,18-20,22,24-66,68,70-73H2,1-2H3,(H,87,91)/b17-15-,23-21-,69-67+. The van der Waals surface area contributed by atoms with E-state index in [9.17, 15) is 45.6 Å². The summed E-state index contributed by atoms with van der Waals surface area (Å²) in [5.41, 5.74) is 0. The third-order valence-electron chi connectivity index (χ3n) is 21.3. The topological polar surface area (TPSA) is 228 Å². The smallest absolute Gasteiger partial charge is 0.220 e. The van der Waals surface area contributed by atoms with Crippen molar-refractivity contribution in [1.29, 1.82) is 0 Å². The van der Waals surface area contributed by atoms with E-state index in [1.54, 1.807) is 6.08 Å². The zero-order valence-electron chi connectivity index (χ0n) is 65.0. The summed E-state index contributed by atoms with van der Waals surface area (Å²) < 4.78 is 23.0. The van der Waals surface area contributed by atoms with E-state index in [2.05, 4.69) is 43.5 Å². The van der Waals surface area contributed by atoms with Crippen molar-refractivity contribution in [3.05, 3.63) is 36.5 Å². The SMILES string of the molecule is CCCCCCC/C=C\C/C=C\CCCCCCCCCCCCCCCCCCCCCCCCCCCCCC(=O)NC(COC1OC(CO)C(OC2OC(CO)C(O)C(O)C2O)C(O)C1O)C(O)/C=C/CCCCCCCCCCCCCCCCCCCCCCCCCCC. The van der Waals surface area contributed by atoms with E-state index in [1.165, 1.54) is 340 Å². The van der Waals surface area contributed by atoms with Crippen LogP contribution in [0.25, 0.3) is 0 Å². The summed E-state index contributed by atoms with van der Waals surface area (Å²) in [6.45, 7) is 2.86. The Morgan fingerprint density at radius 2 is 0.660 bits per heavy atom. The molecular formula is C86H163NO13. The van der Waals surface area contributed by atoms with Crippen LogP contribution in [0, 0.1) is 0 Å². The van der Waals surface area contributed by atoms with Crippen LogP contribution in [0.2, 0.25) is 0 Å². The molecule has 0 bridgehead atoms. The predicted molar refractivity (Wildman–Crippen MR) is 415 cm³/mol. The Balaban J connectivity index is 1.56. The molecule has 2 rings (SSSR count). The second-order valence-corrected chi connectivity index (χ2v) is 30.7. The molecule has 2 fully saturated rings. The van der Waals surface area contributed by atoms with Gasteiger partial charge in [0.2, 0.25) is 5.91 Å². The number of aliphatic hydroxyl groups excluding tert-OH is 8. The van der Waals surface area contributed by atoms with Crippen molar-refractivity contribution < 1.29 is 64.6 Å². The first kappa shape index (κ1) is 94.3. The van der Waals surface area contributed by atoms with Gasteiger partial charge in [-0.25, -0.2) is 0 Å². The van der Waals surface area contributed by atoms with Crippen LogP contribution in [0.15, 0.2) is 36.5 Å². The molecule has 14 heteroatoms. The molecule has 9 N–H and O–H groups in total. The van der Waals surface area contributed by atoms with Crippen molar-refractivity contribution in [3.8, 4) is 0 Å². The number of carbonyl (C=O) groups excluding carboxylic acids is 1. The van der Waals surface area contributed by atoms with E-state index >= 15 is 0 Å². The number of carbonyl (C=O) groups is 1. The molecule has 100 heavy (non-hydrogen) atoms. The highest BCUT2D eigenvalue weighted by Crippen LogP contribution is 2.31. The maximum absolute atomic E-state index is 13.4. The van der Waals surface area contributed by atoms with Gasteiger partial charge in [0.25, 0.3) is 0 Å². The van der Waals surface area contributed by atoms with Gasteiger partial charge in [-0.05, 0) is 51.4 Å². The summed E-state index contributed by atoms with van der Waals surface area (Å²) in [5.74, 6) is -0.229. The first-order chi connectivity index (χ1) is 49.1. The van der Waals surface area contributed by atoms with Gasteiger partial charge in [-0.1, -0.05) is 391 Å². The van der Waals surface area contributed by atoms with Crippen molar-refractivity contribution in [2.45, 2.75) is 485 Å². The highest BCUT2D eigenvalue weighted by atomic mass is 16.7. The number of unbranched alkanes of at least 4 members (excludes halogenated alkanes) is 57. The van der Waals surface area contributed by atoms with E-state index in [0.717, 1.165) is 44.9 Å². The van der Waals surface area contributed by atoms with Gasteiger partial charge in [0.1, 0.15) is 48.8 Å². The highest BCUT2D eigenvalue weighted by molar-refractivity contribution is 5.76. The van der Waals surface area contributed by atoms with Gasteiger partial charge in [0.05, 0.1) is 32.0 Å². The molecule has 2 aliphatic heterocycles. The lowest BCUT2D eigenvalue weighted by Gasteiger charge is -2.46. The Labute approximate surface area is 614 Å². The number of amides is 1. The molecule has 12 atom stereocenters. The number of nitrogens with one attached hydrogen (secondary N) is 1. The van der Waals surface area contributed by atoms with Gasteiger partial charge in [-0.3, -0.25) is 4.79 Å². The minimum Gasteiger partial charge on any atom is -0.394 e. The van der Waals surface area contributed by atoms with Crippen LogP contribution in [-0.4, -0.2) is 140 Å². The normalized spacial score (nSPS) is 21.9. The quantitative estimate of drug-likeness (QED) is 0.0204. The molecule has 0 spiro atoms. The molecule has 0 aromatic carbocycles. The third-order valence-corrected chi connectivity index (χ3v) is 21.3. The van der Waals surface area contributed by atoms with E-state index in [4.69, 9.17) is 18.9 Å². The van der Waals surface area contributed by atoms with Crippen LogP contribution < -0.4 is 5.32 Å². The molecular weight excluding hydrogens is 1250 g/mol. The fourth-order valence-electron chi connectivity index (χ4n) is 14.5. The summed E-state index contributed by atoms with van der Waals surface area (Å²) in [5, 5.41) is 87.8. The monoisotopic (exact) mass is 1420 g/mol. The molecule has 0 radical (unpaired) electrons. The lowest BCUT2D eigenvalue weighted by molar-refractivity contribution is -0.359. The molecule has 2 heterocycles. The zero-order chi connectivity index (χ0) is 72.2. The fourth-order valence-corrected chi connectivity index (χ4v) is 14.5. The summed E-state index contributed by atoms with van der Waals surface area (Å²) in [4.78, 5) is 13.4. The van der Waals surface area contributed by atoms with Crippen molar-refractivity contribution in [2.75, 3.05) is 19.8 Å². The lowest BCUT2D eigenvalue weighted by Crippen LogP contribution is -2.65. The molecule has 2 saturated heterocycles. The summed E-state index contributed by atoms with van der Waals surface area (Å²) in [7, 11) is 0. The fraction of sp³-hybridized carbons (Fsp3) is 0.919. The molecule has 0 aliphatic carbocycles. The minimum absolute atomic E-state index is 0.229. The molecule has 12 unspecified atom stereocenters. The summed E-state index contributed by atoms with van der Waals surface area (Å²) >= 11 is 0. The molecule has 590 valence electrons. The largest absolute Gasteiger partial charge is 0.394 e. The average molecular weight is 1420 g/mol. The molecule has 14 nitrogen and oxygen atoms in total. The minimum atomic E-state index is -1.79.